The second-order valence-electron chi connectivity index (χ2n) is 6.80. The molecule has 0 aliphatic rings. The van der Waals surface area contributed by atoms with Gasteiger partial charge >= 0.3 is 0 Å². The average molecular weight is 411 g/mol. The monoisotopic (exact) mass is 411 g/mol. The zero-order chi connectivity index (χ0) is 21.6. The molecule has 0 unspecified atom stereocenters. The smallest absolute Gasteiger partial charge is 0.288 e. The SMILES string of the molecule is COc1cccc(/C=N/NC(=O)c2[nH]c(-c3ccccc3)cc2-c2ccccc2)c1O. The van der Waals surface area contributed by atoms with E-state index in [0.717, 1.165) is 22.4 Å². The van der Waals surface area contributed by atoms with Crippen molar-refractivity contribution in [2.45, 2.75) is 0 Å². The van der Waals surface area contributed by atoms with Gasteiger partial charge in [-0.3, -0.25) is 4.79 Å². The van der Waals surface area contributed by atoms with Crippen molar-refractivity contribution in [1.29, 1.82) is 0 Å². The van der Waals surface area contributed by atoms with Gasteiger partial charge in [0.1, 0.15) is 5.69 Å². The van der Waals surface area contributed by atoms with Crippen LogP contribution in [0.5, 0.6) is 11.5 Å². The maximum absolute atomic E-state index is 12.9. The quantitative estimate of drug-likeness (QED) is 0.314. The summed E-state index contributed by atoms with van der Waals surface area (Å²) in [6.45, 7) is 0. The van der Waals surface area contributed by atoms with Gasteiger partial charge in [-0.15, -0.1) is 0 Å². The summed E-state index contributed by atoms with van der Waals surface area (Å²) in [5.41, 5.74) is 6.86. The van der Waals surface area contributed by atoms with Crippen LogP contribution in [0.2, 0.25) is 0 Å². The molecule has 0 spiro atoms. The van der Waals surface area contributed by atoms with Gasteiger partial charge in [0.05, 0.1) is 13.3 Å². The van der Waals surface area contributed by atoms with Crippen LogP contribution in [0.15, 0.2) is 90.0 Å². The van der Waals surface area contributed by atoms with Crippen LogP contribution in [0.3, 0.4) is 0 Å². The number of nitrogens with one attached hydrogen (secondary N) is 2. The van der Waals surface area contributed by atoms with Crippen molar-refractivity contribution in [1.82, 2.24) is 10.4 Å². The van der Waals surface area contributed by atoms with Crippen LogP contribution in [0.25, 0.3) is 22.4 Å². The Balaban J connectivity index is 1.63. The molecule has 0 aliphatic heterocycles. The summed E-state index contributed by atoms with van der Waals surface area (Å²) < 4.78 is 5.09. The number of carbonyl (C=O) groups is 1. The Bertz CT molecular complexity index is 1220. The number of H-pyrrole nitrogens is 1. The van der Waals surface area contributed by atoms with E-state index in [1.807, 2.05) is 66.7 Å². The molecule has 3 N–H and O–H groups in total. The van der Waals surface area contributed by atoms with Gasteiger partial charge in [-0.2, -0.15) is 5.10 Å². The van der Waals surface area contributed by atoms with Crippen LogP contribution in [-0.2, 0) is 0 Å². The first-order valence-corrected chi connectivity index (χ1v) is 9.70. The minimum Gasteiger partial charge on any atom is -0.504 e. The molecule has 0 bridgehead atoms. The summed E-state index contributed by atoms with van der Waals surface area (Å²) in [5.74, 6) is -0.0996. The molecule has 154 valence electrons. The molecule has 6 heteroatoms. The Labute approximate surface area is 179 Å². The number of methoxy groups -OCH3 is 1. The van der Waals surface area contributed by atoms with Gasteiger partial charge in [0, 0.05) is 16.8 Å². The molecule has 31 heavy (non-hydrogen) atoms. The van der Waals surface area contributed by atoms with E-state index in [1.54, 1.807) is 18.2 Å². The third kappa shape index (κ3) is 4.33. The number of rotatable bonds is 6. The predicted molar refractivity (Wildman–Crippen MR) is 121 cm³/mol. The van der Waals surface area contributed by atoms with Crippen molar-refractivity contribution in [3.63, 3.8) is 0 Å². The third-order valence-corrected chi connectivity index (χ3v) is 4.83. The lowest BCUT2D eigenvalue weighted by Crippen LogP contribution is -2.19. The molecule has 0 saturated heterocycles. The molecule has 3 aromatic carbocycles. The first kappa shape index (κ1) is 20.0. The number of para-hydroxylation sites is 1. The number of aromatic hydroxyl groups is 1. The second-order valence-corrected chi connectivity index (χ2v) is 6.80. The Morgan fingerprint density at radius 3 is 2.32 bits per heavy atom. The van der Waals surface area contributed by atoms with E-state index in [1.165, 1.54) is 13.3 Å². The van der Waals surface area contributed by atoms with Crippen LogP contribution in [0, 0.1) is 0 Å². The molecule has 4 aromatic rings. The van der Waals surface area contributed by atoms with Crippen molar-refractivity contribution in [3.8, 4) is 33.9 Å². The predicted octanol–water partition coefficient (Wildman–Crippen LogP) is 4.83. The van der Waals surface area contributed by atoms with Crippen LogP contribution in [-0.4, -0.2) is 29.3 Å². The fourth-order valence-corrected chi connectivity index (χ4v) is 3.28. The van der Waals surface area contributed by atoms with Gasteiger partial charge in [-0.1, -0.05) is 66.7 Å². The largest absolute Gasteiger partial charge is 0.504 e. The number of nitrogens with zero attached hydrogens (tertiary/aromatic N) is 1. The van der Waals surface area contributed by atoms with Crippen molar-refractivity contribution < 1.29 is 14.6 Å². The summed E-state index contributed by atoms with van der Waals surface area (Å²) >= 11 is 0. The Hall–Kier alpha value is -4.32. The van der Waals surface area contributed by atoms with E-state index in [-0.39, 0.29) is 11.7 Å². The zero-order valence-corrected chi connectivity index (χ0v) is 16.9. The maximum Gasteiger partial charge on any atom is 0.288 e. The van der Waals surface area contributed by atoms with Crippen LogP contribution in [0.1, 0.15) is 16.1 Å². The fraction of sp³-hybridized carbons (Fsp3) is 0.0400. The van der Waals surface area contributed by atoms with Crippen LogP contribution < -0.4 is 10.2 Å². The van der Waals surface area contributed by atoms with Crippen molar-refractivity contribution in [3.05, 3.63) is 96.2 Å². The summed E-state index contributed by atoms with van der Waals surface area (Å²) in [7, 11) is 1.47. The standard InChI is InChI=1S/C25H21N3O3/c1-31-22-14-8-13-19(24(22)29)16-26-28-25(30)23-20(17-9-4-2-5-10-17)15-21(27-23)18-11-6-3-7-12-18/h2-16,27,29H,1H3,(H,28,30)/b26-16+. The van der Waals surface area contributed by atoms with E-state index in [4.69, 9.17) is 4.74 Å². The Morgan fingerprint density at radius 2 is 1.65 bits per heavy atom. The van der Waals surface area contributed by atoms with E-state index in [9.17, 15) is 9.90 Å². The number of phenolic OH excluding ortho intramolecular Hbond substituents is 1. The van der Waals surface area contributed by atoms with Gasteiger partial charge in [0.25, 0.3) is 5.91 Å². The molecule has 4 rings (SSSR count). The molecular formula is C25H21N3O3. The Kier molecular flexibility index (Phi) is 5.80. The number of carbonyl (C=O) groups excluding carboxylic acids is 1. The molecule has 1 heterocycles. The highest BCUT2D eigenvalue weighted by atomic mass is 16.5. The molecule has 0 atom stereocenters. The number of aromatic nitrogens is 1. The molecule has 1 aromatic heterocycles. The van der Waals surface area contributed by atoms with Crippen LogP contribution in [0.4, 0.5) is 0 Å². The van der Waals surface area contributed by atoms with Gasteiger partial charge in [-0.25, -0.2) is 5.43 Å². The zero-order valence-electron chi connectivity index (χ0n) is 16.9. The maximum atomic E-state index is 12.9. The van der Waals surface area contributed by atoms with E-state index >= 15 is 0 Å². The van der Waals surface area contributed by atoms with Gasteiger partial charge < -0.3 is 14.8 Å². The summed E-state index contributed by atoms with van der Waals surface area (Å²) in [5, 5.41) is 14.2. The molecule has 0 radical (unpaired) electrons. The van der Waals surface area contributed by atoms with E-state index < -0.39 is 0 Å². The number of phenols is 1. The lowest BCUT2D eigenvalue weighted by atomic mass is 10.0. The lowest BCUT2D eigenvalue weighted by Gasteiger charge is -2.05. The van der Waals surface area contributed by atoms with Crippen molar-refractivity contribution in [2.24, 2.45) is 5.10 Å². The average Bonchev–Trinajstić information content (AvgIpc) is 3.27. The minimum absolute atomic E-state index is 0.0424. The summed E-state index contributed by atoms with van der Waals surface area (Å²) in [6.07, 6.45) is 1.37. The van der Waals surface area contributed by atoms with E-state index in [2.05, 4.69) is 15.5 Å². The molecule has 0 saturated carbocycles. The van der Waals surface area contributed by atoms with Gasteiger partial charge in [0.15, 0.2) is 11.5 Å². The first-order chi connectivity index (χ1) is 15.2. The van der Waals surface area contributed by atoms with E-state index in [0.29, 0.717) is 17.0 Å². The second kappa shape index (κ2) is 9.00. The highest BCUT2D eigenvalue weighted by Crippen LogP contribution is 2.30. The highest BCUT2D eigenvalue weighted by Gasteiger charge is 2.17. The number of amides is 1. The normalized spacial score (nSPS) is 10.9. The number of hydrogen-bond donors (Lipinski definition) is 3. The van der Waals surface area contributed by atoms with Crippen LogP contribution >= 0.6 is 0 Å². The molecule has 1 amide bonds. The first-order valence-electron chi connectivity index (χ1n) is 9.70. The van der Waals surface area contributed by atoms with Crippen molar-refractivity contribution >= 4 is 12.1 Å². The molecular weight excluding hydrogens is 390 g/mol. The Morgan fingerprint density at radius 1 is 0.968 bits per heavy atom. The number of hydrogen-bond acceptors (Lipinski definition) is 4. The number of hydrazone groups is 1. The number of aromatic amines is 1. The number of ether oxygens (including phenoxy) is 1. The summed E-state index contributed by atoms with van der Waals surface area (Å²) in [6, 6.07) is 26.5. The third-order valence-electron chi connectivity index (χ3n) is 4.83. The molecule has 0 aliphatic carbocycles. The molecule has 6 nitrogen and oxygen atoms in total. The number of benzene rings is 3. The fourth-order valence-electron chi connectivity index (χ4n) is 3.28. The lowest BCUT2D eigenvalue weighted by molar-refractivity contribution is 0.0951. The minimum atomic E-state index is -0.389. The van der Waals surface area contributed by atoms with Gasteiger partial charge in [0.2, 0.25) is 0 Å². The highest BCUT2D eigenvalue weighted by molar-refractivity contribution is 6.01. The van der Waals surface area contributed by atoms with Crippen molar-refractivity contribution in [2.75, 3.05) is 7.11 Å². The summed E-state index contributed by atoms with van der Waals surface area (Å²) in [4.78, 5) is 16.2. The van der Waals surface area contributed by atoms with Gasteiger partial charge in [-0.05, 0) is 29.3 Å². The topological polar surface area (TPSA) is 86.7 Å². The molecule has 0 fully saturated rings.